The van der Waals surface area contributed by atoms with E-state index < -0.39 is 10.0 Å². The SMILES string of the molecule is O=S(=O)(Nc1nc2c(Cl)ccc(Cl)c2s1)c1cccs1. The number of sulfonamides is 1. The number of benzene rings is 1. The Labute approximate surface area is 133 Å². The first-order valence-electron chi connectivity index (χ1n) is 5.28. The minimum Gasteiger partial charge on any atom is -0.254 e. The van der Waals surface area contributed by atoms with Gasteiger partial charge in [-0.1, -0.05) is 40.6 Å². The molecule has 0 aliphatic heterocycles. The maximum atomic E-state index is 12.1. The van der Waals surface area contributed by atoms with E-state index in [-0.39, 0.29) is 9.34 Å². The highest BCUT2D eigenvalue weighted by Crippen LogP contribution is 2.36. The Morgan fingerprint density at radius 1 is 1.15 bits per heavy atom. The van der Waals surface area contributed by atoms with Gasteiger partial charge in [0.15, 0.2) is 5.13 Å². The van der Waals surface area contributed by atoms with E-state index >= 15 is 0 Å². The predicted molar refractivity (Wildman–Crippen MR) is 84.8 cm³/mol. The largest absolute Gasteiger partial charge is 0.273 e. The molecule has 0 unspecified atom stereocenters. The van der Waals surface area contributed by atoms with E-state index in [1.54, 1.807) is 23.6 Å². The molecule has 3 aromatic rings. The summed E-state index contributed by atoms with van der Waals surface area (Å²) >= 11 is 14.4. The molecule has 0 spiro atoms. The molecule has 3 rings (SSSR count). The highest BCUT2D eigenvalue weighted by Gasteiger charge is 2.18. The van der Waals surface area contributed by atoms with Crippen molar-refractivity contribution in [3.8, 4) is 0 Å². The minimum absolute atomic E-state index is 0.231. The molecule has 0 radical (unpaired) electrons. The smallest absolute Gasteiger partial charge is 0.254 e. The molecule has 0 bridgehead atoms. The van der Waals surface area contributed by atoms with E-state index in [1.165, 1.54) is 6.07 Å². The first-order chi connectivity index (χ1) is 9.47. The molecule has 9 heteroatoms. The molecule has 0 atom stereocenters. The van der Waals surface area contributed by atoms with E-state index in [2.05, 4.69) is 9.71 Å². The topological polar surface area (TPSA) is 59.1 Å². The molecule has 2 heterocycles. The van der Waals surface area contributed by atoms with Gasteiger partial charge in [0.25, 0.3) is 10.0 Å². The molecule has 0 saturated carbocycles. The maximum Gasteiger partial charge on any atom is 0.273 e. The van der Waals surface area contributed by atoms with Crippen molar-refractivity contribution in [1.82, 2.24) is 4.98 Å². The Morgan fingerprint density at radius 2 is 1.90 bits per heavy atom. The predicted octanol–water partition coefficient (Wildman–Crippen LogP) is 4.47. The summed E-state index contributed by atoms with van der Waals surface area (Å²) < 4.78 is 27.5. The highest BCUT2D eigenvalue weighted by molar-refractivity contribution is 7.94. The van der Waals surface area contributed by atoms with Crippen molar-refractivity contribution in [3.05, 3.63) is 39.7 Å². The van der Waals surface area contributed by atoms with Crippen LogP contribution in [0.15, 0.2) is 33.9 Å². The number of thiophene rings is 1. The Balaban J connectivity index is 2.04. The molecule has 2 aromatic heterocycles. The maximum absolute atomic E-state index is 12.1. The number of hydrogen-bond acceptors (Lipinski definition) is 5. The fourth-order valence-corrected chi connectivity index (χ4v) is 5.22. The minimum atomic E-state index is -3.61. The summed E-state index contributed by atoms with van der Waals surface area (Å²) in [6.45, 7) is 0. The fraction of sp³-hybridized carbons (Fsp3) is 0. The summed E-state index contributed by atoms with van der Waals surface area (Å²) in [6.07, 6.45) is 0. The average Bonchev–Trinajstić information content (AvgIpc) is 3.02. The molecule has 104 valence electrons. The molecular weight excluding hydrogens is 359 g/mol. The van der Waals surface area contributed by atoms with Crippen molar-refractivity contribution in [1.29, 1.82) is 0 Å². The van der Waals surface area contributed by atoms with Crippen LogP contribution in [0.4, 0.5) is 5.13 Å². The number of thiazole rings is 1. The number of nitrogens with zero attached hydrogens (tertiary/aromatic N) is 1. The van der Waals surface area contributed by atoms with Crippen LogP contribution in [0.25, 0.3) is 10.2 Å². The number of rotatable bonds is 3. The lowest BCUT2D eigenvalue weighted by molar-refractivity contribution is 0.603. The summed E-state index contributed by atoms with van der Waals surface area (Å²) in [4.78, 5) is 4.18. The van der Waals surface area contributed by atoms with Crippen LogP contribution < -0.4 is 4.72 Å². The first kappa shape index (κ1) is 14.1. The van der Waals surface area contributed by atoms with Gasteiger partial charge in [-0.15, -0.1) is 11.3 Å². The van der Waals surface area contributed by atoms with Crippen molar-refractivity contribution < 1.29 is 8.42 Å². The van der Waals surface area contributed by atoms with Gasteiger partial charge in [-0.05, 0) is 23.6 Å². The standard InChI is InChI=1S/C11H6Cl2N2O2S3/c12-6-3-4-7(13)10-9(6)14-11(19-10)15-20(16,17)8-2-1-5-18-8/h1-5H,(H,14,15). The molecule has 0 fully saturated rings. The van der Waals surface area contributed by atoms with E-state index in [4.69, 9.17) is 23.2 Å². The van der Waals surface area contributed by atoms with Crippen LogP contribution in [0.2, 0.25) is 10.0 Å². The van der Waals surface area contributed by atoms with Crippen molar-refractivity contribution >= 4 is 71.2 Å². The fourth-order valence-electron chi connectivity index (χ4n) is 1.57. The average molecular weight is 365 g/mol. The van der Waals surface area contributed by atoms with Gasteiger partial charge < -0.3 is 0 Å². The van der Waals surface area contributed by atoms with Gasteiger partial charge in [-0.2, -0.15) is 0 Å². The lowest BCUT2D eigenvalue weighted by Crippen LogP contribution is -2.10. The van der Waals surface area contributed by atoms with Crippen LogP contribution in [0, 0.1) is 0 Å². The van der Waals surface area contributed by atoms with Gasteiger partial charge in [-0.3, -0.25) is 4.72 Å². The number of nitrogens with one attached hydrogen (secondary N) is 1. The third-order valence-corrected chi connectivity index (χ3v) is 7.03. The van der Waals surface area contributed by atoms with Crippen LogP contribution in [0.3, 0.4) is 0 Å². The molecule has 0 aliphatic rings. The normalized spacial score (nSPS) is 11.9. The lowest BCUT2D eigenvalue weighted by Gasteiger charge is -2.00. The van der Waals surface area contributed by atoms with Crippen LogP contribution in [0.5, 0.6) is 0 Å². The van der Waals surface area contributed by atoms with Gasteiger partial charge >= 0.3 is 0 Å². The number of fused-ring (bicyclic) bond motifs is 1. The molecule has 20 heavy (non-hydrogen) atoms. The summed E-state index contributed by atoms with van der Waals surface area (Å²) in [5.41, 5.74) is 0.494. The quantitative estimate of drug-likeness (QED) is 0.745. The van der Waals surface area contributed by atoms with E-state index in [0.717, 1.165) is 22.7 Å². The Hall–Kier alpha value is -0.860. The number of aromatic nitrogens is 1. The van der Waals surface area contributed by atoms with Crippen molar-refractivity contribution in [3.63, 3.8) is 0 Å². The van der Waals surface area contributed by atoms with Crippen LogP contribution in [-0.4, -0.2) is 13.4 Å². The Kier molecular flexibility index (Phi) is 3.64. The third-order valence-electron chi connectivity index (χ3n) is 2.43. The van der Waals surface area contributed by atoms with E-state index in [1.807, 2.05) is 0 Å². The second-order valence-electron chi connectivity index (χ2n) is 3.76. The molecule has 1 aromatic carbocycles. The zero-order chi connectivity index (χ0) is 14.3. The molecule has 0 amide bonds. The van der Waals surface area contributed by atoms with Crippen LogP contribution in [0.1, 0.15) is 0 Å². The summed E-state index contributed by atoms with van der Waals surface area (Å²) in [6, 6.07) is 6.48. The first-order valence-corrected chi connectivity index (χ1v) is 9.22. The monoisotopic (exact) mass is 364 g/mol. The van der Waals surface area contributed by atoms with Gasteiger partial charge in [0.05, 0.1) is 14.7 Å². The molecule has 1 N–H and O–H groups in total. The second-order valence-corrected chi connectivity index (χ2v) is 8.43. The molecular formula is C11H6Cl2N2O2S3. The zero-order valence-corrected chi connectivity index (χ0v) is 13.6. The van der Waals surface area contributed by atoms with Crippen LogP contribution >= 0.6 is 45.9 Å². The Bertz CT molecular complexity index is 834. The number of halogens is 2. The lowest BCUT2D eigenvalue weighted by atomic mass is 10.3. The van der Waals surface area contributed by atoms with Gasteiger partial charge in [0.2, 0.25) is 0 Å². The molecule has 0 saturated heterocycles. The van der Waals surface area contributed by atoms with Crippen molar-refractivity contribution in [2.75, 3.05) is 4.72 Å². The van der Waals surface area contributed by atoms with Gasteiger partial charge in [-0.25, -0.2) is 13.4 Å². The second kappa shape index (κ2) is 5.16. The summed E-state index contributed by atoms with van der Waals surface area (Å²) in [5.74, 6) is 0. The van der Waals surface area contributed by atoms with E-state index in [0.29, 0.717) is 20.3 Å². The zero-order valence-electron chi connectivity index (χ0n) is 9.63. The Morgan fingerprint density at radius 3 is 2.55 bits per heavy atom. The van der Waals surface area contributed by atoms with Crippen molar-refractivity contribution in [2.24, 2.45) is 0 Å². The van der Waals surface area contributed by atoms with E-state index in [9.17, 15) is 8.42 Å². The summed E-state index contributed by atoms with van der Waals surface area (Å²) in [5, 5.41) is 2.86. The summed E-state index contributed by atoms with van der Waals surface area (Å²) in [7, 11) is -3.61. The number of hydrogen-bond donors (Lipinski definition) is 1. The highest BCUT2D eigenvalue weighted by atomic mass is 35.5. The molecule has 0 aliphatic carbocycles. The van der Waals surface area contributed by atoms with Gasteiger partial charge in [0, 0.05) is 0 Å². The van der Waals surface area contributed by atoms with Gasteiger partial charge in [0.1, 0.15) is 9.73 Å². The number of anilines is 1. The van der Waals surface area contributed by atoms with Crippen LogP contribution in [-0.2, 0) is 10.0 Å². The van der Waals surface area contributed by atoms with Crippen molar-refractivity contribution in [2.45, 2.75) is 4.21 Å². The third kappa shape index (κ3) is 2.51. The molecule has 4 nitrogen and oxygen atoms in total.